The second kappa shape index (κ2) is 8.98. The summed E-state index contributed by atoms with van der Waals surface area (Å²) < 4.78 is 6.92. The number of aryl methyl sites for hydroxylation is 2. The van der Waals surface area contributed by atoms with E-state index in [-0.39, 0.29) is 0 Å². The maximum absolute atomic E-state index is 2.98. The van der Waals surface area contributed by atoms with Gasteiger partial charge in [-0.05, 0) is 0 Å². The molecular formula is C37H38HfSi. The van der Waals surface area contributed by atoms with E-state index in [0.717, 1.165) is 0 Å². The summed E-state index contributed by atoms with van der Waals surface area (Å²) in [5.74, 6) is 0. The molecule has 0 aromatic heterocycles. The molecule has 0 amide bonds. The molecule has 194 valence electrons. The maximum atomic E-state index is 2.77. The third kappa shape index (κ3) is 3.63. The molecule has 39 heavy (non-hydrogen) atoms. The fourth-order valence-electron chi connectivity index (χ4n) is 8.23. The van der Waals surface area contributed by atoms with Crippen LogP contribution in [-0.4, -0.2) is 8.07 Å². The number of fused-ring (bicyclic) bond motifs is 6. The van der Waals surface area contributed by atoms with Gasteiger partial charge in [0.25, 0.3) is 0 Å². The zero-order valence-electron chi connectivity index (χ0n) is 24.1. The molecule has 2 aliphatic carbocycles. The summed E-state index contributed by atoms with van der Waals surface area (Å²) in [6.45, 7) is 9.60. The standard InChI is InChI=1S/C35H32Si.2CH3.Hf/c1-5-36(4,30-20-28-14-8-16-32(34(28)22-30)26-12-6-10-24(2)18-26)31-21-29-15-9-17-33(35(29)23-31)27-13-7-11-25(3)19-27;;;/h6-23H,5H2,1-4H3;2*1H3;. The van der Waals surface area contributed by atoms with Gasteiger partial charge in [-0.2, -0.15) is 0 Å². The van der Waals surface area contributed by atoms with Crippen molar-refractivity contribution in [3.63, 3.8) is 0 Å². The molecule has 0 N–H and O–H groups in total. The van der Waals surface area contributed by atoms with Crippen LogP contribution >= 0.6 is 0 Å². The molecule has 7 rings (SSSR count). The third-order valence-electron chi connectivity index (χ3n) is 10.3. The molecule has 2 unspecified atom stereocenters. The van der Waals surface area contributed by atoms with E-state index in [4.69, 9.17) is 0 Å². The van der Waals surface area contributed by atoms with Gasteiger partial charge in [0.15, 0.2) is 0 Å². The summed E-state index contributed by atoms with van der Waals surface area (Å²) >= 11 is -2.98. The van der Waals surface area contributed by atoms with Gasteiger partial charge in [-0.3, -0.25) is 0 Å². The molecule has 1 heterocycles. The average Bonchev–Trinajstić information content (AvgIpc) is 3.53. The van der Waals surface area contributed by atoms with Crippen LogP contribution in [0, 0.1) is 13.8 Å². The fraction of sp³-hybridized carbons (Fsp3) is 0.243. The molecule has 2 heteroatoms. The van der Waals surface area contributed by atoms with Crippen molar-refractivity contribution in [2.24, 2.45) is 0 Å². The zero-order valence-corrected chi connectivity index (χ0v) is 28.7. The molecule has 0 saturated carbocycles. The number of allylic oxidation sites excluding steroid dienone is 2. The van der Waals surface area contributed by atoms with Crippen LogP contribution in [0.3, 0.4) is 0 Å². The number of benzene rings is 4. The zero-order chi connectivity index (χ0) is 27.1. The Kier molecular flexibility index (Phi) is 5.85. The predicted molar refractivity (Wildman–Crippen MR) is 168 cm³/mol. The van der Waals surface area contributed by atoms with E-state index in [1.54, 1.807) is 11.1 Å². The van der Waals surface area contributed by atoms with Gasteiger partial charge in [0.05, 0.1) is 0 Å². The van der Waals surface area contributed by atoms with E-state index in [2.05, 4.69) is 134 Å². The van der Waals surface area contributed by atoms with Crippen molar-refractivity contribution >= 4 is 20.2 Å². The topological polar surface area (TPSA) is 0 Å². The Morgan fingerprint density at radius 1 is 0.641 bits per heavy atom. The van der Waals surface area contributed by atoms with E-state index in [0.29, 0.717) is 7.35 Å². The molecular weight excluding hydrogens is 651 g/mol. The van der Waals surface area contributed by atoms with Crippen LogP contribution in [0.1, 0.15) is 47.7 Å². The Hall–Kier alpha value is -2.55. The van der Waals surface area contributed by atoms with Crippen LogP contribution in [0.15, 0.2) is 95.3 Å². The molecule has 0 nitrogen and oxygen atoms in total. The number of hydrogen-bond acceptors (Lipinski definition) is 0. The molecule has 0 bridgehead atoms. The van der Waals surface area contributed by atoms with Crippen LogP contribution in [-0.2, 0) is 20.0 Å². The normalized spacial score (nSPS) is 23.8. The van der Waals surface area contributed by atoms with E-state index < -0.39 is 28.0 Å². The van der Waals surface area contributed by atoms with Crippen LogP contribution in [0.2, 0.25) is 22.0 Å². The van der Waals surface area contributed by atoms with Gasteiger partial charge < -0.3 is 0 Å². The minimum absolute atomic E-state index is 0.685. The molecule has 4 aromatic rings. The Morgan fingerprint density at radius 2 is 1.08 bits per heavy atom. The molecule has 0 radical (unpaired) electrons. The first kappa shape index (κ1) is 25.4. The predicted octanol–water partition coefficient (Wildman–Crippen LogP) is 10.7. The first-order chi connectivity index (χ1) is 18.7. The van der Waals surface area contributed by atoms with Gasteiger partial charge in [-0.15, -0.1) is 0 Å². The van der Waals surface area contributed by atoms with E-state index in [9.17, 15) is 0 Å². The van der Waals surface area contributed by atoms with Crippen LogP contribution in [0.4, 0.5) is 0 Å². The summed E-state index contributed by atoms with van der Waals surface area (Å²) in [4.78, 5) is 0. The van der Waals surface area contributed by atoms with Crippen LogP contribution in [0.5, 0.6) is 0 Å². The second-order valence-corrected chi connectivity index (χ2v) is 34.7. The van der Waals surface area contributed by atoms with Crippen molar-refractivity contribution in [2.75, 3.05) is 0 Å². The monoisotopic (exact) mass is 690 g/mol. The average molecular weight is 689 g/mol. The van der Waals surface area contributed by atoms with Crippen molar-refractivity contribution in [1.82, 2.24) is 0 Å². The second-order valence-electron chi connectivity index (χ2n) is 12.9. The van der Waals surface area contributed by atoms with E-state index in [1.807, 2.05) is 10.4 Å². The van der Waals surface area contributed by atoms with E-state index >= 15 is 0 Å². The van der Waals surface area contributed by atoms with Gasteiger partial charge >= 0.3 is 241 Å². The molecule has 1 aliphatic heterocycles. The van der Waals surface area contributed by atoms with Crippen molar-refractivity contribution in [1.29, 1.82) is 0 Å². The van der Waals surface area contributed by atoms with E-state index in [1.165, 1.54) is 50.6 Å². The Labute approximate surface area is 239 Å². The van der Waals surface area contributed by atoms with Gasteiger partial charge in [-0.25, -0.2) is 0 Å². The fourth-order valence-corrected chi connectivity index (χ4v) is 40.0. The molecule has 0 spiro atoms. The van der Waals surface area contributed by atoms with Crippen LogP contribution < -0.4 is 0 Å². The summed E-state index contributed by atoms with van der Waals surface area (Å²) in [5, 5.41) is 3.69. The first-order valence-electron chi connectivity index (χ1n) is 14.6. The molecule has 2 atom stereocenters. The molecule has 3 aliphatic rings. The third-order valence-corrected chi connectivity index (χ3v) is 32.3. The molecule has 4 aromatic carbocycles. The Balaban J connectivity index is 1.45. The SMILES string of the molecule is CC[Si]1(C)C2=Cc3c(-c4cccc(C)c4)cccc3[CH]2[Hf]([CH3])([CH3])[CH]2C1=Cc1c(-c3cccc(C)c3)cccc12. The van der Waals surface area contributed by atoms with Crippen molar-refractivity contribution in [2.45, 2.75) is 50.1 Å². The Morgan fingerprint density at radius 3 is 1.49 bits per heavy atom. The van der Waals surface area contributed by atoms with Gasteiger partial charge in [0.1, 0.15) is 0 Å². The number of hydrogen-bond donors (Lipinski definition) is 0. The van der Waals surface area contributed by atoms with Crippen molar-refractivity contribution in [3.05, 3.63) is 129 Å². The van der Waals surface area contributed by atoms with Gasteiger partial charge in [-0.1, -0.05) is 0 Å². The minimum atomic E-state index is -2.98. The summed E-state index contributed by atoms with van der Waals surface area (Å²) in [5.41, 5.74) is 14.6. The molecule has 1 saturated heterocycles. The first-order valence-corrected chi connectivity index (χ1v) is 28.6. The van der Waals surface area contributed by atoms with Crippen molar-refractivity contribution in [3.8, 4) is 22.3 Å². The Bertz CT molecular complexity index is 1600. The van der Waals surface area contributed by atoms with Gasteiger partial charge in [0.2, 0.25) is 0 Å². The van der Waals surface area contributed by atoms with Crippen molar-refractivity contribution < 1.29 is 20.0 Å². The number of rotatable bonds is 3. The summed E-state index contributed by atoms with van der Waals surface area (Å²) in [7, 11) is -1.85. The van der Waals surface area contributed by atoms with Crippen LogP contribution in [0.25, 0.3) is 34.4 Å². The summed E-state index contributed by atoms with van der Waals surface area (Å²) in [6.07, 6.45) is 5.41. The molecule has 1 fully saturated rings. The summed E-state index contributed by atoms with van der Waals surface area (Å²) in [6, 6.07) is 33.8. The quantitative estimate of drug-likeness (QED) is 0.188. The van der Waals surface area contributed by atoms with Gasteiger partial charge in [0, 0.05) is 0 Å².